The molecule has 2 aliphatic rings. The highest BCUT2D eigenvalue weighted by Gasteiger charge is 2.61. The number of imide groups is 1. The first kappa shape index (κ1) is 25.8. The minimum atomic E-state index is -0.793. The highest BCUT2D eigenvalue weighted by atomic mass is 16.2. The van der Waals surface area contributed by atoms with Crippen molar-refractivity contribution in [1.82, 2.24) is 15.5 Å². The van der Waals surface area contributed by atoms with Gasteiger partial charge in [0.15, 0.2) is 0 Å². The molecule has 2 heterocycles. The van der Waals surface area contributed by atoms with E-state index in [-0.39, 0.29) is 35.0 Å². The van der Waals surface area contributed by atoms with Crippen molar-refractivity contribution in [3.05, 3.63) is 0 Å². The van der Waals surface area contributed by atoms with Crippen LogP contribution in [-0.4, -0.2) is 45.3 Å². The summed E-state index contributed by atoms with van der Waals surface area (Å²) < 4.78 is 0. The molecule has 3 amide bonds. The molecule has 0 aromatic heterocycles. The molecule has 2 rings (SSSR count). The van der Waals surface area contributed by atoms with Gasteiger partial charge in [-0.1, -0.05) is 39.5 Å². The maximum atomic E-state index is 13.1. The lowest BCUT2D eigenvalue weighted by Crippen LogP contribution is -2.70. The second-order valence-corrected chi connectivity index (χ2v) is 11.2. The van der Waals surface area contributed by atoms with E-state index in [4.69, 9.17) is 0 Å². The van der Waals surface area contributed by atoms with Crippen molar-refractivity contribution in [2.75, 3.05) is 0 Å². The number of ketones is 1. The van der Waals surface area contributed by atoms with Crippen molar-refractivity contribution < 1.29 is 14.4 Å². The molecule has 2 unspecified atom stereocenters. The first-order valence-electron chi connectivity index (χ1n) is 12.3. The van der Waals surface area contributed by atoms with Crippen LogP contribution in [0.4, 0.5) is 4.79 Å². The number of Topliss-reactive ketones (excluding diaryl/α,β-unsaturated/α-hetero) is 1. The molecule has 2 fully saturated rings. The van der Waals surface area contributed by atoms with Gasteiger partial charge in [-0.25, -0.2) is 4.79 Å². The van der Waals surface area contributed by atoms with Crippen LogP contribution >= 0.6 is 0 Å². The van der Waals surface area contributed by atoms with Crippen LogP contribution in [0.25, 0.3) is 0 Å². The molecule has 0 aromatic carbocycles. The Balaban J connectivity index is 2.11. The number of rotatable bonds is 11. The third kappa shape index (κ3) is 6.09. The van der Waals surface area contributed by atoms with Crippen LogP contribution in [0.2, 0.25) is 0 Å². The summed E-state index contributed by atoms with van der Waals surface area (Å²) in [6.45, 7) is 14.4. The van der Waals surface area contributed by atoms with Crippen LogP contribution in [0.15, 0.2) is 0 Å². The topological polar surface area (TPSA) is 78.5 Å². The van der Waals surface area contributed by atoms with Gasteiger partial charge in [-0.05, 0) is 73.1 Å². The quantitative estimate of drug-likeness (QED) is 0.355. The van der Waals surface area contributed by atoms with Crippen molar-refractivity contribution in [3.63, 3.8) is 0 Å². The first-order chi connectivity index (χ1) is 14.4. The second-order valence-electron chi connectivity index (χ2n) is 11.2. The number of piperidine rings is 1. The highest BCUT2D eigenvalue weighted by molar-refractivity contribution is 6.07. The Hall–Kier alpha value is -1.43. The van der Waals surface area contributed by atoms with Crippen molar-refractivity contribution >= 4 is 17.7 Å². The molecule has 0 bridgehead atoms. The van der Waals surface area contributed by atoms with Crippen LogP contribution in [0.5, 0.6) is 0 Å². The van der Waals surface area contributed by atoms with Crippen molar-refractivity contribution in [1.29, 1.82) is 0 Å². The Morgan fingerprint density at radius 1 is 0.968 bits per heavy atom. The molecule has 178 valence electrons. The number of hydrogen-bond acceptors (Lipinski definition) is 4. The third-order valence-electron chi connectivity index (χ3n) is 7.13. The number of unbranched alkanes of at least 4 members (excludes halogenated alkanes) is 2. The first-order valence-corrected chi connectivity index (χ1v) is 12.3. The van der Waals surface area contributed by atoms with E-state index in [1.807, 2.05) is 4.90 Å². The van der Waals surface area contributed by atoms with E-state index >= 15 is 0 Å². The van der Waals surface area contributed by atoms with Gasteiger partial charge in [0.25, 0.3) is 5.91 Å². The van der Waals surface area contributed by atoms with Crippen molar-refractivity contribution in [2.24, 2.45) is 5.92 Å². The number of carbonyl (C=O) groups excluding carboxylic acids is 3. The summed E-state index contributed by atoms with van der Waals surface area (Å²) in [7, 11) is 0. The maximum absolute atomic E-state index is 13.1. The normalized spacial score (nSPS) is 23.6. The summed E-state index contributed by atoms with van der Waals surface area (Å²) in [4.78, 5) is 39.9. The van der Waals surface area contributed by atoms with Crippen LogP contribution in [0.1, 0.15) is 113 Å². The predicted octanol–water partition coefficient (Wildman–Crippen LogP) is 4.95. The molecule has 6 nitrogen and oxygen atoms in total. The number of urea groups is 1. The molecule has 6 heteroatoms. The lowest BCUT2D eigenvalue weighted by atomic mass is 9.69. The number of hydrogen-bond donors (Lipinski definition) is 2. The molecule has 2 aliphatic heterocycles. The van der Waals surface area contributed by atoms with Gasteiger partial charge in [-0.15, -0.1) is 0 Å². The summed E-state index contributed by atoms with van der Waals surface area (Å²) in [5, 5.41) is 6.28. The molecular formula is C25H45N3O3. The number of carbonyl (C=O) groups is 3. The summed E-state index contributed by atoms with van der Waals surface area (Å²) in [5.74, 6) is 0.312. The lowest BCUT2D eigenvalue weighted by Gasteiger charge is -2.54. The van der Waals surface area contributed by atoms with Crippen molar-refractivity contribution in [3.8, 4) is 0 Å². The summed E-state index contributed by atoms with van der Waals surface area (Å²) in [5.41, 5.74) is -1.28. The molecular weight excluding hydrogens is 390 g/mol. The van der Waals surface area contributed by atoms with Gasteiger partial charge in [0, 0.05) is 23.0 Å². The second kappa shape index (κ2) is 10.0. The SMILES string of the molecule is CCCCC(CCCCC(CC)N1C(=O)NC(=O)C12CC(C)(C)NC(C)(C)C2)C(C)=O. The summed E-state index contributed by atoms with van der Waals surface area (Å²) in [6.07, 6.45) is 8.98. The molecule has 0 radical (unpaired) electrons. The van der Waals surface area contributed by atoms with E-state index < -0.39 is 5.54 Å². The van der Waals surface area contributed by atoms with E-state index in [2.05, 4.69) is 52.2 Å². The summed E-state index contributed by atoms with van der Waals surface area (Å²) in [6, 6.07) is -0.211. The maximum Gasteiger partial charge on any atom is 0.325 e. The van der Waals surface area contributed by atoms with Gasteiger partial charge in [0.1, 0.15) is 11.3 Å². The fraction of sp³-hybridized carbons (Fsp3) is 0.880. The van der Waals surface area contributed by atoms with Gasteiger partial charge in [-0.2, -0.15) is 0 Å². The van der Waals surface area contributed by atoms with E-state index in [1.54, 1.807) is 6.92 Å². The largest absolute Gasteiger partial charge is 0.325 e. The van der Waals surface area contributed by atoms with E-state index in [0.29, 0.717) is 18.6 Å². The minimum absolute atomic E-state index is 0.0302. The Labute approximate surface area is 189 Å². The average molecular weight is 436 g/mol. The third-order valence-corrected chi connectivity index (χ3v) is 7.13. The molecule has 2 atom stereocenters. The molecule has 2 saturated heterocycles. The van der Waals surface area contributed by atoms with Crippen LogP contribution in [0.3, 0.4) is 0 Å². The van der Waals surface area contributed by atoms with Crippen LogP contribution < -0.4 is 10.6 Å². The van der Waals surface area contributed by atoms with Crippen molar-refractivity contribution in [2.45, 2.75) is 135 Å². The van der Waals surface area contributed by atoms with E-state index in [1.165, 1.54) is 0 Å². The molecule has 0 aliphatic carbocycles. The van der Waals surface area contributed by atoms with Crippen LogP contribution in [0, 0.1) is 5.92 Å². The number of nitrogens with zero attached hydrogens (tertiary/aromatic N) is 1. The van der Waals surface area contributed by atoms with Gasteiger partial charge >= 0.3 is 6.03 Å². The predicted molar refractivity (Wildman–Crippen MR) is 125 cm³/mol. The van der Waals surface area contributed by atoms with Gasteiger partial charge in [-0.3, -0.25) is 14.9 Å². The monoisotopic (exact) mass is 435 g/mol. The van der Waals surface area contributed by atoms with Gasteiger partial charge in [0.05, 0.1) is 0 Å². The zero-order chi connectivity index (χ0) is 23.4. The van der Waals surface area contributed by atoms with Crippen LogP contribution in [-0.2, 0) is 9.59 Å². The molecule has 2 N–H and O–H groups in total. The Morgan fingerprint density at radius 2 is 1.52 bits per heavy atom. The molecule has 31 heavy (non-hydrogen) atoms. The molecule has 0 saturated carbocycles. The fourth-order valence-electron chi connectivity index (χ4n) is 6.24. The van der Waals surface area contributed by atoms with E-state index in [9.17, 15) is 14.4 Å². The number of nitrogens with one attached hydrogen (secondary N) is 2. The molecule has 1 spiro atoms. The highest BCUT2D eigenvalue weighted by Crippen LogP contribution is 2.44. The zero-order valence-corrected chi connectivity index (χ0v) is 20.9. The van der Waals surface area contributed by atoms with Gasteiger partial charge < -0.3 is 10.2 Å². The smallest absolute Gasteiger partial charge is 0.307 e. The fourth-order valence-corrected chi connectivity index (χ4v) is 6.24. The standard InChI is InChI=1S/C25H45N3O3/c1-8-10-13-19(18(3)29)14-11-12-15-20(9-2)28-22(31)26-21(30)25(28)16-23(4,5)27-24(6,7)17-25/h19-20,27H,8-17H2,1-7H3,(H,26,30,31). The zero-order valence-electron chi connectivity index (χ0n) is 20.9. The Morgan fingerprint density at radius 3 is 2.03 bits per heavy atom. The Bertz CT molecular complexity index is 655. The Kier molecular flexibility index (Phi) is 8.34. The molecule has 0 aromatic rings. The lowest BCUT2D eigenvalue weighted by molar-refractivity contribution is -0.133. The average Bonchev–Trinajstić information content (AvgIpc) is 2.84. The van der Waals surface area contributed by atoms with Gasteiger partial charge in [0.2, 0.25) is 0 Å². The number of amides is 3. The minimum Gasteiger partial charge on any atom is -0.307 e. The summed E-state index contributed by atoms with van der Waals surface area (Å²) >= 11 is 0. The van der Waals surface area contributed by atoms with E-state index in [0.717, 1.165) is 51.4 Å².